The van der Waals surface area contributed by atoms with Crippen LogP contribution in [0.3, 0.4) is 0 Å². The summed E-state index contributed by atoms with van der Waals surface area (Å²) >= 11 is 25.5. The highest BCUT2D eigenvalue weighted by Gasteiger charge is 2.30. The lowest BCUT2D eigenvalue weighted by Gasteiger charge is -2.20. The molecule has 2 aromatic rings. The van der Waals surface area contributed by atoms with Crippen LogP contribution in [0.5, 0.6) is 5.75 Å². The number of phenols is 1. The number of fused-ring (bicyclic) bond motifs is 2. The van der Waals surface area contributed by atoms with E-state index in [1.807, 2.05) is 0 Å². The Morgan fingerprint density at radius 2 is 1.57 bits per heavy atom. The molecule has 0 radical (unpaired) electrons. The first-order valence-electron chi connectivity index (χ1n) is 11.7. The van der Waals surface area contributed by atoms with E-state index in [9.17, 15) is 29.4 Å². The summed E-state index contributed by atoms with van der Waals surface area (Å²) in [5, 5.41) is 31.1. The van der Waals surface area contributed by atoms with Gasteiger partial charge in [0.15, 0.2) is 0 Å². The maximum absolute atomic E-state index is 13.1. The third-order valence-electron chi connectivity index (χ3n) is 6.12. The molecular formula is C27H19Cl4NO8. The van der Waals surface area contributed by atoms with Crippen LogP contribution in [0.25, 0.3) is 33.4 Å². The van der Waals surface area contributed by atoms with Crippen molar-refractivity contribution in [1.29, 1.82) is 0 Å². The number of benzene rings is 3. The lowest BCUT2D eigenvalue weighted by Crippen LogP contribution is -2.25. The summed E-state index contributed by atoms with van der Waals surface area (Å²) < 4.78 is 5.81. The number of carboxylic acids is 2. The molecule has 4 N–H and O–H groups in total. The predicted octanol–water partition coefficient (Wildman–Crippen LogP) is 6.96. The zero-order valence-electron chi connectivity index (χ0n) is 20.3. The molecule has 0 spiro atoms. The maximum atomic E-state index is 13.1. The van der Waals surface area contributed by atoms with Gasteiger partial charge in [-0.05, 0) is 31.0 Å². The van der Waals surface area contributed by atoms with Gasteiger partial charge in [0.25, 0.3) is 5.91 Å². The summed E-state index contributed by atoms with van der Waals surface area (Å²) in [4.78, 5) is 48.5. The summed E-state index contributed by atoms with van der Waals surface area (Å²) in [7, 11) is 0. The summed E-state index contributed by atoms with van der Waals surface area (Å²) in [5.41, 5.74) is -0.974. The van der Waals surface area contributed by atoms with Gasteiger partial charge in [-0.2, -0.15) is 0 Å². The Hall–Kier alpha value is -3.50. The minimum Gasteiger partial charge on any atom is -0.506 e. The molecule has 0 unspecified atom stereocenters. The third kappa shape index (κ3) is 5.83. The van der Waals surface area contributed by atoms with Gasteiger partial charge in [0.05, 0.1) is 31.2 Å². The van der Waals surface area contributed by atoms with Gasteiger partial charge in [0.2, 0.25) is 5.43 Å². The average molecular weight is 627 g/mol. The van der Waals surface area contributed by atoms with Crippen molar-refractivity contribution in [3.05, 3.63) is 71.8 Å². The Kier molecular flexibility index (Phi) is 8.80. The fraction of sp³-hybridized carbons (Fsp3) is 0.185. The molecule has 40 heavy (non-hydrogen) atoms. The number of halogens is 4. The van der Waals surface area contributed by atoms with Crippen molar-refractivity contribution in [3.63, 3.8) is 0 Å². The molecule has 1 amide bonds. The molecule has 0 bridgehead atoms. The predicted molar refractivity (Wildman–Crippen MR) is 152 cm³/mol. The van der Waals surface area contributed by atoms with Crippen molar-refractivity contribution in [2.24, 2.45) is 0 Å². The van der Waals surface area contributed by atoms with E-state index in [1.54, 1.807) is 0 Å². The van der Waals surface area contributed by atoms with Crippen LogP contribution < -0.4 is 10.7 Å². The molecular weight excluding hydrogens is 608 g/mol. The SMILES string of the molecule is O=C(O)CCCCCNC(=O)c1cc(Cl)c(C(=O)O)c(-c2c3cc(Cl)c(=O)cc-3oc3cc(O)c(Cl)cc23)c1Cl. The fourth-order valence-corrected chi connectivity index (χ4v) is 5.22. The number of carbonyl (C=O) groups is 3. The third-order valence-corrected chi connectivity index (χ3v) is 7.41. The number of hydrogen-bond donors (Lipinski definition) is 4. The minimum atomic E-state index is -1.45. The second kappa shape index (κ2) is 11.9. The zero-order valence-corrected chi connectivity index (χ0v) is 23.3. The van der Waals surface area contributed by atoms with Crippen LogP contribution in [0.2, 0.25) is 20.1 Å². The van der Waals surface area contributed by atoms with Crippen LogP contribution in [0.4, 0.5) is 0 Å². The Labute approximate surface area is 246 Å². The number of amides is 1. The van der Waals surface area contributed by atoms with Crippen LogP contribution in [-0.2, 0) is 4.79 Å². The molecule has 1 heterocycles. The first-order valence-corrected chi connectivity index (χ1v) is 13.3. The minimum absolute atomic E-state index is 0.00151. The molecule has 0 atom stereocenters. The summed E-state index contributed by atoms with van der Waals surface area (Å²) in [6.07, 6.45) is 1.52. The lowest BCUT2D eigenvalue weighted by atomic mass is 9.89. The highest BCUT2D eigenvalue weighted by Crippen LogP contribution is 2.48. The summed E-state index contributed by atoms with van der Waals surface area (Å²) in [6, 6.07) is 6.02. The van der Waals surface area contributed by atoms with E-state index in [1.165, 1.54) is 18.2 Å². The van der Waals surface area contributed by atoms with Crippen LogP contribution in [-0.4, -0.2) is 39.7 Å². The van der Waals surface area contributed by atoms with Crippen molar-refractivity contribution in [3.8, 4) is 28.2 Å². The number of hydrogen-bond acceptors (Lipinski definition) is 6. The number of unbranched alkanes of at least 4 members (excludes halogenated alkanes) is 2. The number of rotatable bonds is 9. The van der Waals surface area contributed by atoms with E-state index in [0.29, 0.717) is 19.3 Å². The van der Waals surface area contributed by atoms with E-state index in [0.717, 1.165) is 12.1 Å². The van der Waals surface area contributed by atoms with E-state index in [2.05, 4.69) is 5.32 Å². The summed E-state index contributed by atoms with van der Waals surface area (Å²) in [6.45, 7) is 0.204. The second-order valence-corrected chi connectivity index (χ2v) is 10.4. The van der Waals surface area contributed by atoms with E-state index in [-0.39, 0.29) is 77.8 Å². The van der Waals surface area contributed by atoms with Gasteiger partial charge in [0.1, 0.15) is 17.1 Å². The highest BCUT2D eigenvalue weighted by molar-refractivity contribution is 6.42. The Morgan fingerprint density at radius 3 is 2.25 bits per heavy atom. The largest absolute Gasteiger partial charge is 0.506 e. The molecule has 1 aliphatic heterocycles. The number of aliphatic carboxylic acids is 1. The molecule has 208 valence electrons. The van der Waals surface area contributed by atoms with Crippen LogP contribution in [0.15, 0.2) is 39.5 Å². The first kappa shape index (κ1) is 29.5. The first-order chi connectivity index (χ1) is 18.9. The van der Waals surface area contributed by atoms with Gasteiger partial charge in [-0.1, -0.05) is 52.8 Å². The van der Waals surface area contributed by atoms with Crippen molar-refractivity contribution >= 4 is 75.2 Å². The molecule has 0 saturated carbocycles. The van der Waals surface area contributed by atoms with Gasteiger partial charge in [-0.25, -0.2) is 4.79 Å². The molecule has 4 rings (SSSR count). The van der Waals surface area contributed by atoms with Gasteiger partial charge >= 0.3 is 11.9 Å². The van der Waals surface area contributed by atoms with E-state index >= 15 is 0 Å². The Morgan fingerprint density at radius 1 is 0.850 bits per heavy atom. The number of nitrogens with one attached hydrogen (secondary N) is 1. The normalized spacial score (nSPS) is 11.2. The molecule has 0 saturated heterocycles. The number of phenolic OH excluding ortho intramolecular Hbond substituents is 1. The van der Waals surface area contributed by atoms with Crippen LogP contribution in [0.1, 0.15) is 46.4 Å². The van der Waals surface area contributed by atoms with Crippen molar-refractivity contribution < 1.29 is 34.1 Å². The number of aromatic hydroxyl groups is 1. The van der Waals surface area contributed by atoms with E-state index in [4.69, 9.17) is 55.9 Å². The quantitative estimate of drug-likeness (QED) is 0.115. The number of carboxylic acid groups (broad SMARTS) is 2. The highest BCUT2D eigenvalue weighted by atomic mass is 35.5. The molecule has 0 aromatic heterocycles. The molecule has 9 nitrogen and oxygen atoms in total. The molecule has 13 heteroatoms. The zero-order chi connectivity index (χ0) is 29.3. The molecule has 2 aromatic carbocycles. The second-order valence-electron chi connectivity index (χ2n) is 8.79. The molecule has 0 fully saturated rings. The van der Waals surface area contributed by atoms with Crippen molar-refractivity contribution in [2.75, 3.05) is 6.54 Å². The van der Waals surface area contributed by atoms with Crippen molar-refractivity contribution in [2.45, 2.75) is 25.7 Å². The summed E-state index contributed by atoms with van der Waals surface area (Å²) in [5.74, 6) is -3.34. The standard InChI is InChI=1S/C27H19Cl4NO8/c28-14-6-11-19(9-17(14)33)40-20-10-18(34)15(29)7-12(20)22(11)24-23(27(38)39)16(30)8-13(25(24)31)26(37)32-5-3-1-2-4-21(35)36/h6-10,33H,1-5H2,(H,32,37)(H,35,36)(H,38,39). The van der Waals surface area contributed by atoms with E-state index < -0.39 is 28.8 Å². The average Bonchev–Trinajstić information content (AvgIpc) is 2.87. The number of aromatic carboxylic acids is 1. The Balaban J connectivity index is 1.94. The van der Waals surface area contributed by atoms with Crippen molar-refractivity contribution in [1.82, 2.24) is 5.32 Å². The fourth-order valence-electron chi connectivity index (χ4n) is 4.28. The van der Waals surface area contributed by atoms with Gasteiger partial charge in [0, 0.05) is 47.2 Å². The molecule has 1 aliphatic carbocycles. The van der Waals surface area contributed by atoms with Gasteiger partial charge < -0.3 is 25.1 Å². The topological polar surface area (TPSA) is 154 Å². The number of carbonyl (C=O) groups excluding carboxylic acids is 1. The monoisotopic (exact) mass is 625 g/mol. The Bertz CT molecular complexity index is 1720. The van der Waals surface area contributed by atoms with Gasteiger partial charge in [-0.15, -0.1) is 0 Å². The smallest absolute Gasteiger partial charge is 0.337 e. The lowest BCUT2D eigenvalue weighted by molar-refractivity contribution is -0.137. The van der Waals surface area contributed by atoms with Gasteiger partial charge in [-0.3, -0.25) is 14.4 Å². The van der Waals surface area contributed by atoms with Crippen LogP contribution >= 0.6 is 46.4 Å². The van der Waals surface area contributed by atoms with Crippen LogP contribution in [0, 0.1) is 0 Å². The maximum Gasteiger partial charge on any atom is 0.337 e. The molecule has 2 aliphatic rings.